The monoisotopic (exact) mass is 436 g/mol. The molecule has 0 radical (unpaired) electrons. The predicted octanol–water partition coefficient (Wildman–Crippen LogP) is 3.53. The molecule has 2 aliphatic rings. The maximum absolute atomic E-state index is 12.4. The van der Waals surface area contributed by atoms with Gasteiger partial charge in [0.2, 0.25) is 5.91 Å². The van der Waals surface area contributed by atoms with Gasteiger partial charge < -0.3 is 20.5 Å². The van der Waals surface area contributed by atoms with Crippen molar-refractivity contribution in [1.29, 1.82) is 0 Å². The molecule has 168 valence electrons. The molecule has 0 heterocycles. The predicted molar refractivity (Wildman–Crippen MR) is 119 cm³/mol. The van der Waals surface area contributed by atoms with Gasteiger partial charge in [0.15, 0.2) is 0 Å². The topological polar surface area (TPSA) is 105 Å². The SMILES string of the molecule is O=C(O)CNC(=O)C1CCCCC1CNC(=O)OCC1c2ccccc2-c2ccccc21. The molecule has 0 aliphatic heterocycles. The molecule has 0 spiro atoms. The summed E-state index contributed by atoms with van der Waals surface area (Å²) in [6.45, 7) is 0.191. The Balaban J connectivity index is 1.32. The normalized spacial score (nSPS) is 19.5. The molecule has 2 aromatic carbocycles. The Morgan fingerprint density at radius 2 is 1.53 bits per heavy atom. The number of carboxylic acid groups (broad SMARTS) is 1. The third-order valence-electron chi connectivity index (χ3n) is 6.51. The highest BCUT2D eigenvalue weighted by atomic mass is 16.5. The molecule has 2 aliphatic carbocycles. The first-order valence-electron chi connectivity index (χ1n) is 11.1. The Morgan fingerprint density at radius 1 is 0.906 bits per heavy atom. The minimum Gasteiger partial charge on any atom is -0.480 e. The summed E-state index contributed by atoms with van der Waals surface area (Å²) in [6.07, 6.45) is 2.92. The largest absolute Gasteiger partial charge is 0.480 e. The molecule has 2 atom stereocenters. The lowest BCUT2D eigenvalue weighted by molar-refractivity contribution is -0.139. The Kier molecular flexibility index (Phi) is 6.73. The maximum Gasteiger partial charge on any atom is 0.407 e. The molecule has 7 heteroatoms. The molecule has 0 saturated heterocycles. The molecule has 0 aromatic heterocycles. The van der Waals surface area contributed by atoms with Crippen molar-refractivity contribution in [3.8, 4) is 11.1 Å². The molecule has 4 rings (SSSR count). The van der Waals surface area contributed by atoms with Gasteiger partial charge in [-0.2, -0.15) is 0 Å². The number of hydrogen-bond acceptors (Lipinski definition) is 4. The lowest BCUT2D eigenvalue weighted by atomic mass is 9.78. The van der Waals surface area contributed by atoms with Gasteiger partial charge in [-0.1, -0.05) is 61.4 Å². The van der Waals surface area contributed by atoms with Gasteiger partial charge in [-0.15, -0.1) is 0 Å². The fourth-order valence-electron chi connectivity index (χ4n) is 4.95. The Morgan fingerprint density at radius 3 is 2.19 bits per heavy atom. The van der Waals surface area contributed by atoms with Crippen LogP contribution in [0, 0.1) is 11.8 Å². The summed E-state index contributed by atoms with van der Waals surface area (Å²) in [4.78, 5) is 35.5. The molecule has 2 amide bonds. The van der Waals surface area contributed by atoms with Gasteiger partial charge >= 0.3 is 12.1 Å². The van der Waals surface area contributed by atoms with Crippen LogP contribution in [0.3, 0.4) is 0 Å². The van der Waals surface area contributed by atoms with Crippen molar-refractivity contribution in [2.45, 2.75) is 31.6 Å². The summed E-state index contributed by atoms with van der Waals surface area (Å²) < 4.78 is 5.58. The van der Waals surface area contributed by atoms with E-state index >= 15 is 0 Å². The van der Waals surface area contributed by atoms with E-state index in [2.05, 4.69) is 34.9 Å². The lowest BCUT2D eigenvalue weighted by Crippen LogP contribution is -2.43. The molecule has 32 heavy (non-hydrogen) atoms. The van der Waals surface area contributed by atoms with Gasteiger partial charge in [-0.3, -0.25) is 9.59 Å². The smallest absolute Gasteiger partial charge is 0.407 e. The molecule has 7 nitrogen and oxygen atoms in total. The number of benzene rings is 2. The van der Waals surface area contributed by atoms with Gasteiger partial charge in [0.25, 0.3) is 0 Å². The number of carboxylic acids is 1. The highest BCUT2D eigenvalue weighted by Crippen LogP contribution is 2.44. The fraction of sp³-hybridized carbons (Fsp3) is 0.400. The number of amides is 2. The quantitative estimate of drug-likeness (QED) is 0.616. The number of fused-ring (bicyclic) bond motifs is 3. The number of rotatable bonds is 7. The Bertz CT molecular complexity index is 960. The maximum atomic E-state index is 12.4. The van der Waals surface area contributed by atoms with Crippen LogP contribution in [0.4, 0.5) is 4.79 Å². The van der Waals surface area contributed by atoms with E-state index in [4.69, 9.17) is 9.84 Å². The number of carbonyl (C=O) groups excluding carboxylic acids is 2. The van der Waals surface area contributed by atoms with E-state index in [1.165, 1.54) is 11.1 Å². The zero-order valence-electron chi connectivity index (χ0n) is 17.9. The van der Waals surface area contributed by atoms with Crippen molar-refractivity contribution in [1.82, 2.24) is 10.6 Å². The highest BCUT2D eigenvalue weighted by Gasteiger charge is 2.32. The first-order chi connectivity index (χ1) is 15.5. The summed E-state index contributed by atoms with van der Waals surface area (Å²) in [5, 5.41) is 14.1. The lowest BCUT2D eigenvalue weighted by Gasteiger charge is -2.30. The van der Waals surface area contributed by atoms with Gasteiger partial charge in [-0.05, 0) is 41.0 Å². The molecular weight excluding hydrogens is 408 g/mol. The number of aliphatic carboxylic acids is 1. The summed E-state index contributed by atoms with van der Waals surface area (Å²) in [6, 6.07) is 16.3. The van der Waals surface area contributed by atoms with E-state index in [-0.39, 0.29) is 36.8 Å². The van der Waals surface area contributed by atoms with Crippen LogP contribution in [0.1, 0.15) is 42.7 Å². The number of ether oxygens (including phenoxy) is 1. The number of alkyl carbamates (subject to hydrolysis) is 1. The third kappa shape index (κ3) is 4.77. The minimum atomic E-state index is -1.07. The van der Waals surface area contributed by atoms with E-state index in [9.17, 15) is 14.4 Å². The van der Waals surface area contributed by atoms with Crippen LogP contribution >= 0.6 is 0 Å². The van der Waals surface area contributed by atoms with Crippen LogP contribution in [-0.4, -0.2) is 42.8 Å². The average molecular weight is 437 g/mol. The van der Waals surface area contributed by atoms with Gasteiger partial charge in [-0.25, -0.2) is 4.79 Å². The van der Waals surface area contributed by atoms with Crippen molar-refractivity contribution >= 4 is 18.0 Å². The van der Waals surface area contributed by atoms with Crippen LogP contribution in [0.2, 0.25) is 0 Å². The van der Waals surface area contributed by atoms with Crippen LogP contribution in [0.5, 0.6) is 0 Å². The second-order valence-corrected chi connectivity index (χ2v) is 8.47. The number of carbonyl (C=O) groups is 3. The van der Waals surface area contributed by atoms with Crippen LogP contribution in [0.15, 0.2) is 48.5 Å². The zero-order chi connectivity index (χ0) is 22.5. The summed E-state index contributed by atoms with van der Waals surface area (Å²) in [5.74, 6) is -1.65. The van der Waals surface area contributed by atoms with E-state index < -0.39 is 12.1 Å². The van der Waals surface area contributed by atoms with Crippen molar-refractivity contribution < 1.29 is 24.2 Å². The molecule has 0 bridgehead atoms. The molecular formula is C25H28N2O5. The second-order valence-electron chi connectivity index (χ2n) is 8.47. The first-order valence-corrected chi connectivity index (χ1v) is 11.1. The molecule has 2 unspecified atom stereocenters. The summed E-state index contributed by atoms with van der Waals surface area (Å²) in [5.41, 5.74) is 4.66. The molecule has 2 aromatic rings. The third-order valence-corrected chi connectivity index (χ3v) is 6.51. The van der Waals surface area contributed by atoms with E-state index in [1.54, 1.807) is 0 Å². The van der Waals surface area contributed by atoms with Crippen LogP contribution in [0.25, 0.3) is 11.1 Å². The van der Waals surface area contributed by atoms with Crippen LogP contribution in [-0.2, 0) is 14.3 Å². The first kappa shape index (κ1) is 21.9. The van der Waals surface area contributed by atoms with E-state index in [1.807, 2.05) is 24.3 Å². The van der Waals surface area contributed by atoms with Crippen LogP contribution < -0.4 is 10.6 Å². The van der Waals surface area contributed by atoms with Gasteiger partial charge in [0.05, 0.1) is 0 Å². The van der Waals surface area contributed by atoms with Crippen molar-refractivity contribution in [2.75, 3.05) is 19.7 Å². The average Bonchev–Trinajstić information content (AvgIpc) is 3.14. The number of hydrogen-bond donors (Lipinski definition) is 3. The van der Waals surface area contributed by atoms with E-state index in [0.29, 0.717) is 13.0 Å². The van der Waals surface area contributed by atoms with Gasteiger partial charge in [0.1, 0.15) is 13.2 Å². The highest BCUT2D eigenvalue weighted by molar-refractivity contribution is 5.83. The second kappa shape index (κ2) is 9.85. The summed E-state index contributed by atoms with van der Waals surface area (Å²) in [7, 11) is 0. The summed E-state index contributed by atoms with van der Waals surface area (Å²) >= 11 is 0. The minimum absolute atomic E-state index is 0.00243. The Labute approximate surface area is 187 Å². The molecule has 1 fully saturated rings. The zero-order valence-corrected chi connectivity index (χ0v) is 17.9. The van der Waals surface area contributed by atoms with Crippen molar-refractivity contribution in [2.24, 2.45) is 11.8 Å². The number of nitrogens with one attached hydrogen (secondary N) is 2. The Hall–Kier alpha value is -3.35. The molecule has 1 saturated carbocycles. The molecule has 3 N–H and O–H groups in total. The van der Waals surface area contributed by atoms with Gasteiger partial charge in [0, 0.05) is 18.4 Å². The van der Waals surface area contributed by atoms with E-state index in [0.717, 1.165) is 30.4 Å². The fourth-order valence-corrected chi connectivity index (χ4v) is 4.95. The van der Waals surface area contributed by atoms with Crippen molar-refractivity contribution in [3.63, 3.8) is 0 Å². The van der Waals surface area contributed by atoms with Crippen molar-refractivity contribution in [3.05, 3.63) is 59.7 Å². The standard InChI is InChI=1S/C25H28N2O5/c28-23(29)14-26-24(30)17-8-2-1-7-16(17)13-27-25(31)32-15-22-20-11-5-3-9-18(20)19-10-4-6-12-21(19)22/h3-6,9-12,16-17,22H,1-2,7-8,13-15H2,(H,26,30)(H,27,31)(H,28,29).